The molecule has 8 nitrogen and oxygen atoms in total. The third-order valence-corrected chi connectivity index (χ3v) is 6.25. The summed E-state index contributed by atoms with van der Waals surface area (Å²) in [6.07, 6.45) is 2.01. The van der Waals surface area contributed by atoms with Crippen LogP contribution in [-0.2, 0) is 0 Å². The average molecular weight is 415 g/mol. The minimum absolute atomic E-state index is 0.0238. The van der Waals surface area contributed by atoms with E-state index in [4.69, 9.17) is 0 Å². The lowest BCUT2D eigenvalue weighted by Crippen LogP contribution is -2.62. The highest BCUT2D eigenvalue weighted by Gasteiger charge is 2.54. The monoisotopic (exact) mass is 415 g/mol. The molecule has 0 spiro atoms. The van der Waals surface area contributed by atoms with Gasteiger partial charge in [0.1, 0.15) is 23.5 Å². The van der Waals surface area contributed by atoms with Crippen molar-refractivity contribution in [3.63, 3.8) is 0 Å². The lowest BCUT2D eigenvalue weighted by Gasteiger charge is -2.47. The highest BCUT2D eigenvalue weighted by molar-refractivity contribution is 5.62. The van der Waals surface area contributed by atoms with E-state index in [0.717, 1.165) is 31.7 Å². The van der Waals surface area contributed by atoms with Crippen molar-refractivity contribution >= 4 is 11.5 Å². The van der Waals surface area contributed by atoms with Crippen molar-refractivity contribution < 1.29 is 13.9 Å². The summed E-state index contributed by atoms with van der Waals surface area (Å²) in [6.45, 7) is 3.68. The lowest BCUT2D eigenvalue weighted by molar-refractivity contribution is 0.0180. The molecule has 30 heavy (non-hydrogen) atoms. The van der Waals surface area contributed by atoms with E-state index < -0.39 is 12.0 Å². The first-order valence-electron chi connectivity index (χ1n) is 10.0. The number of piperazine rings is 1. The number of likely N-dealkylation sites (N-methyl/N-ethyl adjacent to an activating group) is 1. The fourth-order valence-electron chi connectivity index (χ4n) is 4.58. The van der Waals surface area contributed by atoms with Crippen molar-refractivity contribution in [3.05, 3.63) is 36.4 Å². The molecule has 1 aliphatic carbocycles. The number of rotatable bonds is 4. The zero-order chi connectivity index (χ0) is 21.0. The van der Waals surface area contributed by atoms with Crippen molar-refractivity contribution in [2.75, 3.05) is 25.0 Å². The minimum atomic E-state index is -2.66. The highest BCUT2D eigenvalue weighted by Crippen LogP contribution is 2.44. The summed E-state index contributed by atoms with van der Waals surface area (Å²) in [6, 6.07) is 4.71. The second-order valence-corrected chi connectivity index (χ2v) is 8.20. The normalized spacial score (nSPS) is 24.0. The van der Waals surface area contributed by atoms with Crippen LogP contribution in [0.5, 0.6) is 0 Å². The molecule has 0 aromatic carbocycles. The molecule has 5 rings (SSSR count). The molecule has 3 aromatic heterocycles. The predicted octanol–water partition coefficient (Wildman–Crippen LogP) is 2.16. The lowest BCUT2D eigenvalue weighted by atomic mass is 9.96. The van der Waals surface area contributed by atoms with Crippen LogP contribution in [0, 0.1) is 0 Å². The van der Waals surface area contributed by atoms with E-state index in [0.29, 0.717) is 17.0 Å². The number of alkyl halides is 2. The first kappa shape index (κ1) is 19.3. The Morgan fingerprint density at radius 3 is 2.70 bits per heavy atom. The Labute approximate surface area is 172 Å². The van der Waals surface area contributed by atoms with Gasteiger partial charge in [-0.25, -0.2) is 28.2 Å². The molecular weight excluding hydrogens is 392 g/mol. The second kappa shape index (κ2) is 6.92. The van der Waals surface area contributed by atoms with Gasteiger partial charge in [0.05, 0.1) is 23.5 Å². The number of anilines is 1. The van der Waals surface area contributed by atoms with Crippen molar-refractivity contribution in [2.45, 2.75) is 43.9 Å². The van der Waals surface area contributed by atoms with Crippen LogP contribution in [0.3, 0.4) is 0 Å². The molecule has 1 unspecified atom stereocenters. The zero-order valence-corrected chi connectivity index (χ0v) is 16.8. The first-order chi connectivity index (χ1) is 14.4. The van der Waals surface area contributed by atoms with Crippen LogP contribution in [0.2, 0.25) is 0 Å². The van der Waals surface area contributed by atoms with Crippen LogP contribution in [0.25, 0.3) is 17.0 Å². The quantitative estimate of drug-likeness (QED) is 0.699. The standard InChI is InChI=1S/C20H23F2N7O/c1-12-18(20(30)5-6-20)27(2)7-8-28(12)17-9-14(24-11-25-17)15-10-23-16-4-3-13(19(21)22)26-29(15)16/h3-4,9-12,18-19,30H,5-8H2,1-2H3/t12?,18-/m0/s1. The number of nitrogens with zero attached hydrogens (tertiary/aromatic N) is 7. The SMILES string of the molecule is CC1[C@@H](C2(O)CC2)N(C)CCN1c1cc(-c2cnc3ccc(C(F)F)nn23)ncn1. The molecule has 0 amide bonds. The molecule has 3 aromatic rings. The Hall–Kier alpha value is -2.72. The molecular formula is C20H23F2N7O. The van der Waals surface area contributed by atoms with Gasteiger partial charge in [-0.3, -0.25) is 4.90 Å². The van der Waals surface area contributed by atoms with Crippen LogP contribution < -0.4 is 4.90 Å². The minimum Gasteiger partial charge on any atom is -0.388 e. The number of imidazole rings is 1. The fourth-order valence-corrected chi connectivity index (χ4v) is 4.58. The van der Waals surface area contributed by atoms with Crippen LogP contribution in [0.1, 0.15) is 31.9 Å². The van der Waals surface area contributed by atoms with Crippen LogP contribution in [-0.4, -0.2) is 72.4 Å². The van der Waals surface area contributed by atoms with Gasteiger partial charge in [-0.05, 0) is 38.9 Å². The summed E-state index contributed by atoms with van der Waals surface area (Å²) in [4.78, 5) is 17.4. The van der Waals surface area contributed by atoms with E-state index in [1.807, 2.05) is 13.1 Å². The third-order valence-electron chi connectivity index (χ3n) is 6.25. The fraction of sp³-hybridized carbons (Fsp3) is 0.500. The Bertz CT molecular complexity index is 1080. The summed E-state index contributed by atoms with van der Waals surface area (Å²) in [5.41, 5.74) is 0.595. The molecule has 0 bridgehead atoms. The van der Waals surface area contributed by atoms with Gasteiger partial charge in [-0.1, -0.05) is 0 Å². The van der Waals surface area contributed by atoms with Gasteiger partial charge in [0.2, 0.25) is 0 Å². The smallest absolute Gasteiger partial charge is 0.282 e. The van der Waals surface area contributed by atoms with Gasteiger partial charge in [0, 0.05) is 25.2 Å². The summed E-state index contributed by atoms with van der Waals surface area (Å²) >= 11 is 0. The number of aromatic nitrogens is 5. The Balaban J connectivity index is 1.50. The summed E-state index contributed by atoms with van der Waals surface area (Å²) in [7, 11) is 2.05. The van der Waals surface area contributed by atoms with E-state index in [1.54, 1.807) is 6.20 Å². The van der Waals surface area contributed by atoms with Crippen molar-refractivity contribution in [3.8, 4) is 11.4 Å². The van der Waals surface area contributed by atoms with Crippen LogP contribution >= 0.6 is 0 Å². The van der Waals surface area contributed by atoms with E-state index in [9.17, 15) is 13.9 Å². The number of aliphatic hydroxyl groups is 1. The van der Waals surface area contributed by atoms with Crippen molar-refractivity contribution in [2.24, 2.45) is 0 Å². The molecule has 1 aliphatic heterocycles. The molecule has 10 heteroatoms. The molecule has 0 radical (unpaired) electrons. The number of halogens is 2. The maximum atomic E-state index is 13.1. The van der Waals surface area contributed by atoms with Crippen LogP contribution in [0.15, 0.2) is 30.7 Å². The average Bonchev–Trinajstić information content (AvgIpc) is 3.32. The molecule has 2 fully saturated rings. The topological polar surface area (TPSA) is 82.7 Å². The van der Waals surface area contributed by atoms with Gasteiger partial charge in [-0.15, -0.1) is 0 Å². The summed E-state index contributed by atoms with van der Waals surface area (Å²) in [5.74, 6) is 0.731. The van der Waals surface area contributed by atoms with Gasteiger partial charge >= 0.3 is 0 Å². The van der Waals surface area contributed by atoms with Crippen molar-refractivity contribution in [1.29, 1.82) is 0 Å². The van der Waals surface area contributed by atoms with Gasteiger partial charge < -0.3 is 10.0 Å². The van der Waals surface area contributed by atoms with Gasteiger partial charge in [0.25, 0.3) is 6.43 Å². The molecule has 1 saturated heterocycles. The van der Waals surface area contributed by atoms with E-state index in [-0.39, 0.29) is 17.8 Å². The van der Waals surface area contributed by atoms with E-state index in [1.165, 1.54) is 23.0 Å². The molecule has 158 valence electrons. The van der Waals surface area contributed by atoms with Gasteiger partial charge in [0.15, 0.2) is 5.65 Å². The molecule has 1 saturated carbocycles. The molecule has 4 heterocycles. The third kappa shape index (κ3) is 3.10. The van der Waals surface area contributed by atoms with Crippen LogP contribution in [0.4, 0.5) is 14.6 Å². The van der Waals surface area contributed by atoms with E-state index >= 15 is 0 Å². The Morgan fingerprint density at radius 2 is 1.97 bits per heavy atom. The summed E-state index contributed by atoms with van der Waals surface area (Å²) in [5, 5.41) is 14.8. The molecule has 2 atom stereocenters. The Morgan fingerprint density at radius 1 is 1.17 bits per heavy atom. The predicted molar refractivity (Wildman–Crippen MR) is 106 cm³/mol. The largest absolute Gasteiger partial charge is 0.388 e. The molecule has 1 N–H and O–H groups in total. The Kier molecular flexibility index (Phi) is 4.44. The summed E-state index contributed by atoms with van der Waals surface area (Å²) < 4.78 is 27.6. The highest BCUT2D eigenvalue weighted by atomic mass is 19.3. The first-order valence-corrected chi connectivity index (χ1v) is 10.0. The second-order valence-electron chi connectivity index (χ2n) is 8.20. The molecule has 2 aliphatic rings. The van der Waals surface area contributed by atoms with E-state index in [2.05, 4.69) is 36.8 Å². The van der Waals surface area contributed by atoms with Crippen molar-refractivity contribution in [1.82, 2.24) is 29.5 Å². The number of fused-ring (bicyclic) bond motifs is 1. The maximum absolute atomic E-state index is 13.1. The number of hydrogen-bond donors (Lipinski definition) is 1. The zero-order valence-electron chi connectivity index (χ0n) is 16.8. The number of hydrogen-bond acceptors (Lipinski definition) is 7. The maximum Gasteiger partial charge on any atom is 0.282 e. The van der Waals surface area contributed by atoms with Gasteiger partial charge in [-0.2, -0.15) is 5.10 Å².